The molecule has 0 atom stereocenters. The number of nitrogens with zero attached hydrogens (tertiary/aromatic N) is 6. The van der Waals surface area contributed by atoms with E-state index in [1.165, 1.54) is 35.7 Å². The Morgan fingerprint density at radius 2 is 1.63 bits per heavy atom. The molecule has 2 aromatic rings. The van der Waals surface area contributed by atoms with Crippen LogP contribution in [0.3, 0.4) is 0 Å². The van der Waals surface area contributed by atoms with Crippen LogP contribution in [0.2, 0.25) is 0 Å². The van der Waals surface area contributed by atoms with Crippen LogP contribution in [0.5, 0.6) is 0 Å². The molecule has 0 radical (unpaired) electrons. The summed E-state index contributed by atoms with van der Waals surface area (Å²) in [6.45, 7) is 5.68. The van der Waals surface area contributed by atoms with Crippen LogP contribution >= 0.6 is 0 Å². The Labute approximate surface area is 177 Å². The zero-order valence-corrected chi connectivity index (χ0v) is 18.0. The first kappa shape index (κ1) is 20.6. The van der Waals surface area contributed by atoms with Gasteiger partial charge in [0.1, 0.15) is 11.9 Å². The number of anilines is 2. The van der Waals surface area contributed by atoms with Gasteiger partial charge in [-0.1, -0.05) is 12.1 Å². The second-order valence-electron chi connectivity index (χ2n) is 7.71. The van der Waals surface area contributed by atoms with Crippen molar-refractivity contribution in [2.45, 2.75) is 31.1 Å². The zero-order chi connectivity index (χ0) is 21.1. The van der Waals surface area contributed by atoms with E-state index in [0.29, 0.717) is 32.1 Å². The van der Waals surface area contributed by atoms with E-state index in [2.05, 4.69) is 9.88 Å². The van der Waals surface area contributed by atoms with E-state index in [1.807, 2.05) is 24.0 Å². The lowest BCUT2D eigenvalue weighted by Crippen LogP contribution is -2.49. The van der Waals surface area contributed by atoms with Crippen molar-refractivity contribution in [3.63, 3.8) is 0 Å². The van der Waals surface area contributed by atoms with Gasteiger partial charge >= 0.3 is 0 Å². The predicted molar refractivity (Wildman–Crippen MR) is 115 cm³/mol. The smallest absolute Gasteiger partial charge is 0.244 e. The molecule has 1 aromatic heterocycles. The molecule has 4 rings (SSSR count). The average Bonchev–Trinajstić information content (AvgIpc) is 2.79. The van der Waals surface area contributed by atoms with Crippen LogP contribution in [0, 0.1) is 18.3 Å². The molecule has 0 bridgehead atoms. The van der Waals surface area contributed by atoms with Gasteiger partial charge in [-0.25, -0.2) is 13.4 Å². The Bertz CT molecular complexity index is 1050. The lowest BCUT2D eigenvalue weighted by Gasteiger charge is -2.35. The minimum Gasteiger partial charge on any atom is -0.356 e. The fourth-order valence-electron chi connectivity index (χ4n) is 4.01. The maximum absolute atomic E-state index is 13.0. The highest BCUT2D eigenvalue weighted by Gasteiger charge is 2.31. The van der Waals surface area contributed by atoms with Crippen molar-refractivity contribution in [3.8, 4) is 6.07 Å². The van der Waals surface area contributed by atoms with Gasteiger partial charge in [0.2, 0.25) is 16.0 Å². The van der Waals surface area contributed by atoms with Crippen molar-refractivity contribution in [3.05, 3.63) is 41.6 Å². The zero-order valence-electron chi connectivity index (χ0n) is 17.2. The topological polar surface area (TPSA) is 93.4 Å². The minimum absolute atomic E-state index is 0.0696. The minimum atomic E-state index is -3.71. The van der Waals surface area contributed by atoms with Gasteiger partial charge in [0.05, 0.1) is 10.5 Å². The number of rotatable bonds is 4. The summed E-state index contributed by atoms with van der Waals surface area (Å²) < 4.78 is 27.5. The summed E-state index contributed by atoms with van der Waals surface area (Å²) in [5, 5.41) is 9.27. The highest BCUT2D eigenvalue weighted by molar-refractivity contribution is 7.89. The van der Waals surface area contributed by atoms with Crippen molar-refractivity contribution in [2.24, 2.45) is 0 Å². The third-order valence-corrected chi connectivity index (χ3v) is 7.61. The monoisotopic (exact) mass is 426 g/mol. The lowest BCUT2D eigenvalue weighted by atomic mass is 10.1. The van der Waals surface area contributed by atoms with Crippen molar-refractivity contribution < 1.29 is 8.42 Å². The molecule has 0 saturated carbocycles. The molecule has 2 fully saturated rings. The first-order chi connectivity index (χ1) is 14.5. The summed E-state index contributed by atoms with van der Waals surface area (Å²) in [6.07, 6.45) is 3.62. The van der Waals surface area contributed by atoms with Gasteiger partial charge < -0.3 is 9.80 Å². The number of hydrogen-bond donors (Lipinski definition) is 0. The quantitative estimate of drug-likeness (QED) is 0.739. The molecular weight excluding hydrogens is 400 g/mol. The molecule has 8 nitrogen and oxygen atoms in total. The summed E-state index contributed by atoms with van der Waals surface area (Å²) in [7, 11) is -3.71. The number of nitriles is 1. The fraction of sp³-hybridized carbons (Fsp3) is 0.476. The molecule has 0 aliphatic carbocycles. The lowest BCUT2D eigenvalue weighted by molar-refractivity contribution is 0.382. The number of aryl methyl sites for hydroxylation is 1. The molecule has 0 N–H and O–H groups in total. The third-order valence-electron chi connectivity index (χ3n) is 5.66. The maximum atomic E-state index is 13.0. The van der Waals surface area contributed by atoms with E-state index < -0.39 is 10.0 Å². The number of benzene rings is 1. The Kier molecular flexibility index (Phi) is 5.88. The van der Waals surface area contributed by atoms with Crippen molar-refractivity contribution >= 4 is 21.8 Å². The van der Waals surface area contributed by atoms with Crippen LogP contribution in [-0.2, 0) is 10.0 Å². The van der Waals surface area contributed by atoms with Crippen LogP contribution in [0.4, 0.5) is 11.8 Å². The van der Waals surface area contributed by atoms with Crippen molar-refractivity contribution in [1.29, 1.82) is 5.26 Å². The standard InChI is InChI=1S/C21H26N6O2S/c1-17-15-20(25-9-5-2-6-10-25)24-21(23-17)26-11-13-27(14-12-26)30(28,29)19-8-4-3-7-18(19)16-22/h3-4,7-8,15H,2,5-6,9-14H2,1H3. The maximum Gasteiger partial charge on any atom is 0.244 e. The van der Waals surface area contributed by atoms with Crippen LogP contribution in [0.25, 0.3) is 0 Å². The second-order valence-corrected chi connectivity index (χ2v) is 9.62. The van der Waals surface area contributed by atoms with Gasteiger partial charge in [0.15, 0.2) is 0 Å². The van der Waals surface area contributed by atoms with Crippen molar-refractivity contribution in [2.75, 3.05) is 49.1 Å². The van der Waals surface area contributed by atoms with E-state index in [4.69, 9.17) is 4.98 Å². The number of piperazine rings is 1. The summed E-state index contributed by atoms with van der Waals surface area (Å²) >= 11 is 0. The molecule has 9 heteroatoms. The van der Waals surface area contributed by atoms with Gasteiger partial charge in [-0.15, -0.1) is 0 Å². The normalized spacial score (nSPS) is 18.3. The molecule has 0 amide bonds. The summed E-state index contributed by atoms with van der Waals surface area (Å²) in [5.74, 6) is 1.61. The van der Waals surface area contributed by atoms with E-state index >= 15 is 0 Å². The van der Waals surface area contributed by atoms with Crippen LogP contribution in [0.1, 0.15) is 30.5 Å². The predicted octanol–water partition coefficient (Wildman–Crippen LogP) is 2.16. The number of piperidine rings is 1. The summed E-state index contributed by atoms with van der Waals surface area (Å²) in [5.41, 5.74) is 1.09. The molecule has 0 unspecified atom stereocenters. The Morgan fingerprint density at radius 1 is 0.933 bits per heavy atom. The summed E-state index contributed by atoms with van der Waals surface area (Å²) in [4.78, 5) is 13.8. The first-order valence-electron chi connectivity index (χ1n) is 10.3. The number of aromatic nitrogens is 2. The first-order valence-corrected chi connectivity index (χ1v) is 11.8. The molecule has 3 heterocycles. The fourth-order valence-corrected chi connectivity index (χ4v) is 5.58. The highest BCUT2D eigenvalue weighted by atomic mass is 32.2. The number of hydrogen-bond acceptors (Lipinski definition) is 7. The van der Waals surface area contributed by atoms with E-state index in [9.17, 15) is 13.7 Å². The molecule has 1 aromatic carbocycles. The molecule has 0 spiro atoms. The second kappa shape index (κ2) is 8.58. The van der Waals surface area contributed by atoms with E-state index in [-0.39, 0.29) is 10.5 Å². The van der Waals surface area contributed by atoms with Gasteiger partial charge in [0, 0.05) is 51.0 Å². The Hall–Kier alpha value is -2.70. The van der Waals surface area contributed by atoms with Gasteiger partial charge in [-0.3, -0.25) is 0 Å². The number of sulfonamides is 1. The third kappa shape index (κ3) is 4.11. The van der Waals surface area contributed by atoms with E-state index in [1.54, 1.807) is 12.1 Å². The molecular formula is C21H26N6O2S. The molecule has 158 valence electrons. The van der Waals surface area contributed by atoms with Crippen LogP contribution in [-0.4, -0.2) is 62.0 Å². The molecule has 2 aliphatic rings. The van der Waals surface area contributed by atoms with Crippen molar-refractivity contribution in [1.82, 2.24) is 14.3 Å². The molecule has 2 saturated heterocycles. The van der Waals surface area contributed by atoms with Crippen LogP contribution in [0.15, 0.2) is 35.2 Å². The Morgan fingerprint density at radius 3 is 2.33 bits per heavy atom. The largest absolute Gasteiger partial charge is 0.356 e. The van der Waals surface area contributed by atoms with Crippen LogP contribution < -0.4 is 9.80 Å². The highest BCUT2D eigenvalue weighted by Crippen LogP contribution is 2.24. The molecule has 30 heavy (non-hydrogen) atoms. The van der Waals surface area contributed by atoms with Gasteiger partial charge in [-0.05, 0) is 38.3 Å². The van der Waals surface area contributed by atoms with Gasteiger partial charge in [0.25, 0.3) is 0 Å². The SMILES string of the molecule is Cc1cc(N2CCCCC2)nc(N2CCN(S(=O)(=O)c3ccccc3C#N)CC2)n1. The average molecular weight is 427 g/mol. The van der Waals surface area contributed by atoms with Gasteiger partial charge in [-0.2, -0.15) is 14.6 Å². The Balaban J connectivity index is 1.50. The summed E-state index contributed by atoms with van der Waals surface area (Å²) in [6, 6.07) is 10.3. The van der Waals surface area contributed by atoms with E-state index in [0.717, 1.165) is 24.6 Å². The molecule has 2 aliphatic heterocycles.